The fraction of sp³-hybridized carbons (Fsp3) is 0.875. The van der Waals surface area contributed by atoms with Gasteiger partial charge >= 0.3 is 5.97 Å². The predicted octanol–water partition coefficient (Wildman–Crippen LogP) is 3.21. The predicted molar refractivity (Wildman–Crippen MR) is 85.1 cm³/mol. The lowest BCUT2D eigenvalue weighted by atomic mass is 9.68. The Kier molecular flexibility index (Phi) is 4.91. The van der Waals surface area contributed by atoms with Crippen molar-refractivity contribution >= 4 is 23.6 Å². The Bertz CT molecular complexity index is 422. The van der Waals surface area contributed by atoms with Gasteiger partial charge in [-0.15, -0.1) is 11.8 Å². The smallest absolute Gasteiger partial charge is 0.327 e. The Morgan fingerprint density at radius 2 is 1.95 bits per heavy atom. The minimum Gasteiger partial charge on any atom is -0.480 e. The summed E-state index contributed by atoms with van der Waals surface area (Å²) in [7, 11) is 0. The van der Waals surface area contributed by atoms with Crippen LogP contribution in [0.5, 0.6) is 0 Å². The molecule has 0 aromatic heterocycles. The van der Waals surface area contributed by atoms with E-state index in [9.17, 15) is 14.7 Å². The molecule has 4 nitrogen and oxygen atoms in total. The van der Waals surface area contributed by atoms with Gasteiger partial charge in [0.15, 0.2) is 0 Å². The maximum absolute atomic E-state index is 13.1. The van der Waals surface area contributed by atoms with Crippen molar-refractivity contribution in [3.05, 3.63) is 0 Å². The van der Waals surface area contributed by atoms with Crippen LogP contribution in [0.2, 0.25) is 0 Å². The number of hydrogen-bond donors (Lipinski definition) is 1. The number of nitrogens with zero attached hydrogens (tertiary/aromatic N) is 1. The minimum absolute atomic E-state index is 0.00340. The zero-order chi connectivity index (χ0) is 15.8. The van der Waals surface area contributed by atoms with Crippen LogP contribution in [0.25, 0.3) is 0 Å². The van der Waals surface area contributed by atoms with Crippen molar-refractivity contribution in [1.29, 1.82) is 0 Å². The largest absolute Gasteiger partial charge is 0.480 e. The monoisotopic (exact) mass is 313 g/mol. The molecule has 1 saturated carbocycles. The minimum atomic E-state index is -0.868. The van der Waals surface area contributed by atoms with Gasteiger partial charge in [-0.05, 0) is 24.2 Å². The molecule has 1 aliphatic carbocycles. The van der Waals surface area contributed by atoms with E-state index < -0.39 is 12.0 Å². The standard InChI is InChI=1S/C16H27NO3S/c1-10(2)14-17(12(9-21-14)15(19)20)13(18)11-7-5-6-8-16(11,3)4/h10-12,14H,5-9H2,1-4H3,(H,19,20). The zero-order valence-electron chi connectivity index (χ0n) is 13.5. The third kappa shape index (κ3) is 3.22. The van der Waals surface area contributed by atoms with Gasteiger partial charge in [0.05, 0.1) is 5.37 Å². The second-order valence-electron chi connectivity index (χ2n) is 7.35. The van der Waals surface area contributed by atoms with E-state index in [1.165, 1.54) is 6.42 Å². The van der Waals surface area contributed by atoms with Gasteiger partial charge in [0, 0.05) is 11.7 Å². The van der Waals surface area contributed by atoms with Crippen LogP contribution in [0.1, 0.15) is 53.4 Å². The average Bonchev–Trinajstić information content (AvgIpc) is 2.82. The molecule has 5 heteroatoms. The van der Waals surface area contributed by atoms with Gasteiger partial charge in [0.1, 0.15) is 6.04 Å². The van der Waals surface area contributed by atoms with Gasteiger partial charge in [-0.3, -0.25) is 4.79 Å². The molecular formula is C16H27NO3S. The molecule has 1 aliphatic heterocycles. The quantitative estimate of drug-likeness (QED) is 0.869. The van der Waals surface area contributed by atoms with Crippen molar-refractivity contribution in [2.24, 2.45) is 17.3 Å². The summed E-state index contributed by atoms with van der Waals surface area (Å²) < 4.78 is 0. The first-order valence-electron chi connectivity index (χ1n) is 7.92. The molecule has 0 spiro atoms. The average molecular weight is 313 g/mol. The fourth-order valence-electron chi connectivity index (χ4n) is 3.64. The third-order valence-corrected chi connectivity index (χ3v) is 6.57. The van der Waals surface area contributed by atoms with Crippen LogP contribution in [0.4, 0.5) is 0 Å². The molecule has 1 heterocycles. The maximum atomic E-state index is 13.1. The van der Waals surface area contributed by atoms with Gasteiger partial charge in [-0.25, -0.2) is 4.79 Å². The molecule has 21 heavy (non-hydrogen) atoms. The van der Waals surface area contributed by atoms with Crippen LogP contribution in [0.3, 0.4) is 0 Å². The number of carbonyl (C=O) groups is 2. The van der Waals surface area contributed by atoms with Gasteiger partial charge < -0.3 is 10.0 Å². The highest BCUT2D eigenvalue weighted by atomic mass is 32.2. The Morgan fingerprint density at radius 1 is 1.29 bits per heavy atom. The number of carboxylic acids is 1. The zero-order valence-corrected chi connectivity index (χ0v) is 14.3. The first-order chi connectivity index (χ1) is 9.75. The third-order valence-electron chi connectivity index (χ3n) is 4.95. The van der Waals surface area contributed by atoms with Gasteiger partial charge in [-0.1, -0.05) is 40.5 Å². The summed E-state index contributed by atoms with van der Waals surface area (Å²) in [6, 6.07) is -0.660. The Morgan fingerprint density at radius 3 is 2.48 bits per heavy atom. The molecular weight excluding hydrogens is 286 g/mol. The molecule has 3 atom stereocenters. The van der Waals surface area contributed by atoms with E-state index in [0.29, 0.717) is 5.75 Å². The van der Waals surface area contributed by atoms with Gasteiger partial charge in [0.25, 0.3) is 0 Å². The number of rotatable bonds is 3. The van der Waals surface area contributed by atoms with Crippen molar-refractivity contribution in [3.8, 4) is 0 Å². The Labute approximate surface area is 131 Å². The number of thioether (sulfide) groups is 1. The summed E-state index contributed by atoms with van der Waals surface area (Å²) >= 11 is 1.61. The molecule has 0 bridgehead atoms. The van der Waals surface area contributed by atoms with Crippen LogP contribution in [-0.2, 0) is 9.59 Å². The maximum Gasteiger partial charge on any atom is 0.327 e. The molecule has 2 aliphatic rings. The van der Waals surface area contributed by atoms with E-state index in [2.05, 4.69) is 27.7 Å². The lowest BCUT2D eigenvalue weighted by Crippen LogP contribution is -2.52. The highest BCUT2D eigenvalue weighted by Gasteiger charge is 2.48. The SMILES string of the molecule is CC(C)C1SCC(C(=O)O)N1C(=O)C1CCCCC1(C)C. The summed E-state index contributed by atoms with van der Waals surface area (Å²) in [5.74, 6) is -0.0525. The van der Waals surface area contributed by atoms with E-state index in [4.69, 9.17) is 0 Å². The first kappa shape index (κ1) is 16.7. The molecule has 3 unspecified atom stereocenters. The van der Waals surface area contributed by atoms with Gasteiger partial charge in [-0.2, -0.15) is 0 Å². The molecule has 1 amide bonds. The van der Waals surface area contributed by atoms with E-state index >= 15 is 0 Å². The van der Waals surface area contributed by atoms with E-state index in [1.54, 1.807) is 16.7 Å². The van der Waals surface area contributed by atoms with Crippen molar-refractivity contribution < 1.29 is 14.7 Å². The number of hydrogen-bond acceptors (Lipinski definition) is 3. The second kappa shape index (κ2) is 6.19. The second-order valence-corrected chi connectivity index (χ2v) is 8.50. The summed E-state index contributed by atoms with van der Waals surface area (Å²) in [4.78, 5) is 26.3. The summed E-state index contributed by atoms with van der Waals surface area (Å²) in [5, 5.41) is 9.45. The van der Waals surface area contributed by atoms with Crippen LogP contribution in [0, 0.1) is 17.3 Å². The summed E-state index contributed by atoms with van der Waals surface area (Å²) in [5.41, 5.74) is -0.0207. The van der Waals surface area contributed by atoms with Crippen LogP contribution >= 0.6 is 11.8 Å². The highest BCUT2D eigenvalue weighted by Crippen LogP contribution is 2.44. The molecule has 120 valence electrons. The summed E-state index contributed by atoms with van der Waals surface area (Å²) in [6.07, 6.45) is 4.19. The van der Waals surface area contributed by atoms with Crippen molar-refractivity contribution in [3.63, 3.8) is 0 Å². The molecule has 0 aromatic carbocycles. The molecule has 0 radical (unpaired) electrons. The summed E-state index contributed by atoms with van der Waals surface area (Å²) in [6.45, 7) is 8.43. The highest BCUT2D eigenvalue weighted by molar-refractivity contribution is 8.00. The van der Waals surface area contributed by atoms with Crippen molar-refractivity contribution in [2.45, 2.75) is 64.8 Å². The normalized spacial score (nSPS) is 32.4. The number of carbonyl (C=O) groups excluding carboxylic acids is 1. The van der Waals surface area contributed by atoms with Crippen LogP contribution in [-0.4, -0.2) is 39.1 Å². The van der Waals surface area contributed by atoms with E-state index in [-0.39, 0.29) is 28.5 Å². The molecule has 0 aromatic rings. The lowest BCUT2D eigenvalue weighted by Gasteiger charge is -2.42. The van der Waals surface area contributed by atoms with Crippen molar-refractivity contribution in [2.75, 3.05) is 5.75 Å². The molecule has 2 rings (SSSR count). The fourth-order valence-corrected chi connectivity index (χ4v) is 5.12. The molecule has 2 fully saturated rings. The van der Waals surface area contributed by atoms with Gasteiger partial charge in [0.2, 0.25) is 5.91 Å². The van der Waals surface area contributed by atoms with E-state index in [1.807, 2.05) is 0 Å². The van der Waals surface area contributed by atoms with Crippen molar-refractivity contribution in [1.82, 2.24) is 4.90 Å². The Hall–Kier alpha value is -0.710. The number of carboxylic acid groups (broad SMARTS) is 1. The lowest BCUT2D eigenvalue weighted by molar-refractivity contribution is -0.154. The first-order valence-corrected chi connectivity index (χ1v) is 8.97. The van der Waals surface area contributed by atoms with Crippen LogP contribution in [0.15, 0.2) is 0 Å². The number of amides is 1. The topological polar surface area (TPSA) is 57.6 Å². The number of aliphatic carboxylic acids is 1. The van der Waals surface area contributed by atoms with Crippen LogP contribution < -0.4 is 0 Å². The molecule has 1 saturated heterocycles. The Balaban J connectivity index is 2.26. The van der Waals surface area contributed by atoms with E-state index in [0.717, 1.165) is 19.3 Å². The molecule has 1 N–H and O–H groups in total.